The summed E-state index contributed by atoms with van der Waals surface area (Å²) in [6, 6.07) is 19.9. The van der Waals surface area contributed by atoms with E-state index in [0.717, 1.165) is 33.0 Å². The molecule has 0 fully saturated rings. The first-order valence-electron chi connectivity index (χ1n) is 9.19. The van der Waals surface area contributed by atoms with Gasteiger partial charge in [-0.25, -0.2) is 4.39 Å². The van der Waals surface area contributed by atoms with Crippen LogP contribution in [0.15, 0.2) is 77.7 Å². The van der Waals surface area contributed by atoms with Crippen LogP contribution in [0, 0.1) is 5.82 Å². The van der Waals surface area contributed by atoms with E-state index in [1.54, 1.807) is 29.9 Å². The first-order chi connectivity index (χ1) is 14.0. The highest BCUT2D eigenvalue weighted by atomic mass is 35.5. The van der Waals surface area contributed by atoms with E-state index in [-0.39, 0.29) is 11.4 Å². The van der Waals surface area contributed by atoms with E-state index in [1.165, 1.54) is 12.1 Å². The number of benzene rings is 3. The lowest BCUT2D eigenvalue weighted by atomic mass is 9.92. The third-order valence-corrected chi connectivity index (χ3v) is 5.57. The Labute approximate surface area is 171 Å². The van der Waals surface area contributed by atoms with Crippen molar-refractivity contribution >= 4 is 33.4 Å². The smallest absolute Gasteiger partial charge is 0.259 e. The number of hydrogen-bond acceptors (Lipinski definition) is 1. The van der Waals surface area contributed by atoms with Crippen molar-refractivity contribution in [3.05, 3.63) is 94.1 Å². The third-order valence-electron chi connectivity index (χ3n) is 5.33. The molecule has 0 spiro atoms. The molecule has 0 aliphatic carbocycles. The van der Waals surface area contributed by atoms with Crippen LogP contribution in [0.5, 0.6) is 0 Å². The molecule has 142 valence electrons. The molecule has 1 N–H and O–H groups in total. The average Bonchev–Trinajstić information content (AvgIpc) is 3.13. The van der Waals surface area contributed by atoms with Crippen molar-refractivity contribution in [1.82, 2.24) is 9.55 Å². The zero-order valence-corrected chi connectivity index (χ0v) is 16.3. The topological polar surface area (TPSA) is 37.8 Å². The zero-order valence-electron chi connectivity index (χ0n) is 15.5. The molecule has 0 amide bonds. The predicted octanol–water partition coefficient (Wildman–Crippen LogP) is 6.15. The van der Waals surface area contributed by atoms with E-state index in [1.807, 2.05) is 42.5 Å². The summed E-state index contributed by atoms with van der Waals surface area (Å²) in [6.45, 7) is 0. The fourth-order valence-corrected chi connectivity index (χ4v) is 4.15. The number of aromatic amines is 1. The summed E-state index contributed by atoms with van der Waals surface area (Å²) in [4.78, 5) is 16.6. The van der Waals surface area contributed by atoms with Gasteiger partial charge in [-0.2, -0.15) is 0 Å². The molecule has 5 aromatic rings. The number of nitrogens with one attached hydrogen (secondary N) is 1. The molecule has 0 saturated heterocycles. The summed E-state index contributed by atoms with van der Waals surface area (Å²) in [6.07, 6.45) is 1.77. The minimum Gasteiger partial charge on any atom is -0.360 e. The van der Waals surface area contributed by atoms with Crippen molar-refractivity contribution in [2.24, 2.45) is 7.05 Å². The summed E-state index contributed by atoms with van der Waals surface area (Å²) in [5.74, 6) is -0.327. The number of H-pyrrole nitrogens is 1. The summed E-state index contributed by atoms with van der Waals surface area (Å²) in [5, 5.41) is 2.28. The second kappa shape index (κ2) is 6.61. The molecule has 5 rings (SSSR count). The van der Waals surface area contributed by atoms with Gasteiger partial charge >= 0.3 is 0 Å². The van der Waals surface area contributed by atoms with Gasteiger partial charge in [0.1, 0.15) is 5.82 Å². The van der Waals surface area contributed by atoms with E-state index in [2.05, 4.69) is 4.98 Å². The number of halogens is 2. The van der Waals surface area contributed by atoms with Crippen molar-refractivity contribution in [1.29, 1.82) is 0 Å². The van der Waals surface area contributed by atoms with Crippen LogP contribution in [0.2, 0.25) is 5.02 Å². The van der Waals surface area contributed by atoms with Gasteiger partial charge in [0.15, 0.2) is 0 Å². The highest BCUT2D eigenvalue weighted by Crippen LogP contribution is 2.39. The Morgan fingerprint density at radius 2 is 1.72 bits per heavy atom. The van der Waals surface area contributed by atoms with Gasteiger partial charge in [0, 0.05) is 45.7 Å². The molecule has 0 atom stereocenters. The van der Waals surface area contributed by atoms with Crippen LogP contribution in [0.25, 0.3) is 44.1 Å². The maximum absolute atomic E-state index is 13.7. The number of fused-ring (bicyclic) bond motifs is 2. The molecular weight excluding hydrogens is 387 g/mol. The van der Waals surface area contributed by atoms with Crippen LogP contribution in [-0.4, -0.2) is 9.55 Å². The monoisotopic (exact) mass is 402 g/mol. The first kappa shape index (κ1) is 17.7. The molecule has 2 aromatic heterocycles. The summed E-state index contributed by atoms with van der Waals surface area (Å²) in [5.41, 5.74) is 4.36. The standard InChI is InChI=1S/C24H16ClFN2O/c1-28-21-10-7-15(25)11-18(21)22(14-5-3-2-4-6-14)23(24(28)29)19-13-27-20-12-16(26)8-9-17(19)20/h2-13,27H,1H3. The Kier molecular flexibility index (Phi) is 4.03. The molecule has 3 nitrogen and oxygen atoms in total. The highest BCUT2D eigenvalue weighted by molar-refractivity contribution is 6.31. The van der Waals surface area contributed by atoms with Gasteiger partial charge in [0.2, 0.25) is 0 Å². The Bertz CT molecular complexity index is 1450. The number of rotatable bonds is 2. The summed E-state index contributed by atoms with van der Waals surface area (Å²) >= 11 is 6.32. The van der Waals surface area contributed by atoms with Crippen LogP contribution >= 0.6 is 11.6 Å². The van der Waals surface area contributed by atoms with Gasteiger partial charge in [-0.05, 0) is 42.0 Å². The van der Waals surface area contributed by atoms with Crippen molar-refractivity contribution < 1.29 is 4.39 Å². The van der Waals surface area contributed by atoms with Crippen molar-refractivity contribution in [2.45, 2.75) is 0 Å². The number of hydrogen-bond donors (Lipinski definition) is 1. The van der Waals surface area contributed by atoms with Gasteiger partial charge in [0.25, 0.3) is 5.56 Å². The second-order valence-electron chi connectivity index (χ2n) is 7.03. The van der Waals surface area contributed by atoms with E-state index in [4.69, 9.17) is 11.6 Å². The normalized spacial score (nSPS) is 11.4. The maximum atomic E-state index is 13.7. The van der Waals surface area contributed by atoms with Gasteiger partial charge in [-0.1, -0.05) is 41.9 Å². The van der Waals surface area contributed by atoms with Gasteiger partial charge in [0.05, 0.1) is 11.1 Å². The maximum Gasteiger partial charge on any atom is 0.259 e. The summed E-state index contributed by atoms with van der Waals surface area (Å²) in [7, 11) is 1.76. The molecular formula is C24H16ClFN2O. The largest absolute Gasteiger partial charge is 0.360 e. The van der Waals surface area contributed by atoms with E-state index >= 15 is 0 Å². The van der Waals surface area contributed by atoms with Gasteiger partial charge in [-0.15, -0.1) is 0 Å². The van der Waals surface area contributed by atoms with Crippen molar-refractivity contribution in [3.63, 3.8) is 0 Å². The Morgan fingerprint density at radius 3 is 2.52 bits per heavy atom. The average molecular weight is 403 g/mol. The number of nitrogens with zero attached hydrogens (tertiary/aromatic N) is 1. The van der Waals surface area contributed by atoms with E-state index in [0.29, 0.717) is 16.1 Å². The van der Waals surface area contributed by atoms with Crippen molar-refractivity contribution in [3.8, 4) is 22.3 Å². The molecule has 2 heterocycles. The number of aromatic nitrogens is 2. The van der Waals surface area contributed by atoms with Crippen LogP contribution in [-0.2, 0) is 7.05 Å². The Balaban J connectivity index is 2.00. The minimum atomic E-state index is -0.327. The lowest BCUT2D eigenvalue weighted by molar-refractivity contribution is 0.629. The molecule has 3 aromatic carbocycles. The Morgan fingerprint density at radius 1 is 0.931 bits per heavy atom. The van der Waals surface area contributed by atoms with Crippen molar-refractivity contribution in [2.75, 3.05) is 0 Å². The SMILES string of the molecule is Cn1c(=O)c(-c2c[nH]c3cc(F)ccc23)c(-c2ccccc2)c2cc(Cl)ccc21. The molecule has 0 aliphatic heterocycles. The lowest BCUT2D eigenvalue weighted by Gasteiger charge is -2.16. The van der Waals surface area contributed by atoms with Crippen LogP contribution in [0.3, 0.4) is 0 Å². The Hall–Kier alpha value is -3.37. The lowest BCUT2D eigenvalue weighted by Crippen LogP contribution is -2.20. The fourth-order valence-electron chi connectivity index (χ4n) is 3.98. The first-order valence-corrected chi connectivity index (χ1v) is 9.57. The van der Waals surface area contributed by atoms with Crippen LogP contribution < -0.4 is 5.56 Å². The van der Waals surface area contributed by atoms with Gasteiger partial charge < -0.3 is 9.55 Å². The van der Waals surface area contributed by atoms with Gasteiger partial charge in [-0.3, -0.25) is 4.79 Å². The fraction of sp³-hybridized carbons (Fsp3) is 0.0417. The minimum absolute atomic E-state index is 0.121. The molecule has 0 aliphatic rings. The summed E-state index contributed by atoms with van der Waals surface area (Å²) < 4.78 is 15.3. The van der Waals surface area contributed by atoms with E-state index in [9.17, 15) is 9.18 Å². The molecule has 0 unspecified atom stereocenters. The quantitative estimate of drug-likeness (QED) is 0.378. The van der Waals surface area contributed by atoms with Crippen LogP contribution in [0.1, 0.15) is 0 Å². The highest BCUT2D eigenvalue weighted by Gasteiger charge is 2.21. The predicted molar refractivity (Wildman–Crippen MR) is 117 cm³/mol. The molecule has 5 heteroatoms. The second-order valence-corrected chi connectivity index (χ2v) is 7.47. The zero-order chi connectivity index (χ0) is 20.1. The molecule has 0 bridgehead atoms. The van der Waals surface area contributed by atoms with E-state index < -0.39 is 0 Å². The molecule has 0 saturated carbocycles. The number of aryl methyl sites for hydroxylation is 1. The van der Waals surface area contributed by atoms with Crippen LogP contribution in [0.4, 0.5) is 4.39 Å². The molecule has 29 heavy (non-hydrogen) atoms. The third kappa shape index (κ3) is 2.76. The number of pyridine rings is 1. The molecule has 0 radical (unpaired) electrons.